The largest absolute Gasteiger partial charge is 0.374 e. The van der Waals surface area contributed by atoms with Gasteiger partial charge in [0.2, 0.25) is 0 Å². The van der Waals surface area contributed by atoms with Gasteiger partial charge in [-0.05, 0) is 158 Å². The van der Waals surface area contributed by atoms with E-state index in [9.17, 15) is 0 Å². The number of hydrogen-bond acceptors (Lipinski definition) is 4. The van der Waals surface area contributed by atoms with Crippen LogP contribution in [0.3, 0.4) is 0 Å². The summed E-state index contributed by atoms with van der Waals surface area (Å²) >= 11 is 0. The lowest BCUT2D eigenvalue weighted by Gasteiger charge is -2.32. The van der Waals surface area contributed by atoms with Gasteiger partial charge >= 0.3 is 0 Å². The van der Waals surface area contributed by atoms with Crippen molar-refractivity contribution in [1.29, 1.82) is 0 Å². The van der Waals surface area contributed by atoms with Gasteiger partial charge < -0.3 is 5.32 Å². The van der Waals surface area contributed by atoms with E-state index in [2.05, 4.69) is 163 Å². The quantitative estimate of drug-likeness (QED) is 0.188. The molecule has 0 saturated carbocycles. The number of nitrogens with one attached hydrogen (secondary N) is 1. The molecule has 0 amide bonds. The molecule has 296 valence electrons. The first kappa shape index (κ1) is 35.6. The predicted molar refractivity (Wildman–Crippen MR) is 254 cm³/mol. The number of fused-ring (bicyclic) bond motifs is 9. The molecule has 13 rings (SSSR count). The zero-order valence-corrected chi connectivity index (χ0v) is 34.6. The molecule has 0 saturated heterocycles. The maximum atomic E-state index is 5.53. The first-order valence-electron chi connectivity index (χ1n) is 22.4. The van der Waals surface area contributed by atoms with E-state index in [4.69, 9.17) is 15.0 Å². The van der Waals surface area contributed by atoms with Crippen molar-refractivity contribution in [3.8, 4) is 33.6 Å². The molecule has 4 heteroatoms. The summed E-state index contributed by atoms with van der Waals surface area (Å²) in [5, 5.41) is 6.56. The van der Waals surface area contributed by atoms with Crippen LogP contribution in [0.15, 0.2) is 175 Å². The van der Waals surface area contributed by atoms with Crippen molar-refractivity contribution in [2.75, 3.05) is 5.32 Å². The minimum Gasteiger partial charge on any atom is -0.374 e. The van der Waals surface area contributed by atoms with Crippen LogP contribution in [0.4, 0.5) is 5.69 Å². The lowest BCUT2D eigenvalue weighted by molar-refractivity contribution is 0.928. The van der Waals surface area contributed by atoms with Gasteiger partial charge in [-0.25, -0.2) is 15.0 Å². The molecule has 0 unspecified atom stereocenters. The fourth-order valence-corrected chi connectivity index (χ4v) is 11.1. The second-order valence-electron chi connectivity index (χ2n) is 17.6. The molecule has 0 spiro atoms. The molecule has 0 fully saturated rings. The second kappa shape index (κ2) is 14.2. The van der Waals surface area contributed by atoms with Crippen LogP contribution in [0, 0.1) is 0 Å². The Labute approximate surface area is 362 Å². The maximum Gasteiger partial charge on any atom is 0.164 e. The number of rotatable bonds is 5. The van der Waals surface area contributed by atoms with E-state index in [1.807, 2.05) is 0 Å². The molecule has 2 heterocycles. The molecule has 62 heavy (non-hydrogen) atoms. The average Bonchev–Trinajstić information content (AvgIpc) is 3.93. The minimum absolute atomic E-state index is 0.0409. The molecule has 0 bridgehead atoms. The van der Waals surface area contributed by atoms with Gasteiger partial charge in [0.15, 0.2) is 17.5 Å². The van der Waals surface area contributed by atoms with Crippen molar-refractivity contribution in [3.05, 3.63) is 220 Å². The molecule has 1 aromatic heterocycles. The van der Waals surface area contributed by atoms with Crippen LogP contribution in [0.25, 0.3) is 61.1 Å². The van der Waals surface area contributed by atoms with Gasteiger partial charge in [0.25, 0.3) is 0 Å². The summed E-state index contributed by atoms with van der Waals surface area (Å²) in [5.41, 5.74) is 23.1. The third kappa shape index (κ3) is 5.70. The second-order valence-corrected chi connectivity index (χ2v) is 17.6. The van der Waals surface area contributed by atoms with Crippen LogP contribution in [-0.4, -0.2) is 15.0 Å². The standard InChI is InChI=1S/C58H44N4/c1-2-14-35(15-3-1)36-20-12-21-41(30-36)56-60-57(47-27-13-26-44-42-22-8-6-18-39(42)32-50(44)47)62-58(61-56)48-28-29-49(54-43-23-9-7-19-40(43)33-52(48)54)55-46-25-11-10-24-45(46)51-31-37-16-4-5-17-38(37)34-53(51)59-55/h2,4-11,14-20,22-25,27-31,34,55,59H,1,3,12-13,21,26,32-33H2/t55-/m1/s1. The van der Waals surface area contributed by atoms with Gasteiger partial charge in [-0.1, -0.05) is 140 Å². The molecule has 6 aliphatic rings. The SMILES string of the molecule is C1=CC(C2=CCCC(c3nc(C4=CCCC5=C4Cc4ccccc45)nc(-c4ccc([C@@H]5Nc6cc7ccccc7cc6-c6ccccc65)c5c4Cc4ccccc4-5)n3)=C2)=CCC1. The van der Waals surface area contributed by atoms with Crippen LogP contribution in [0.1, 0.15) is 89.6 Å². The van der Waals surface area contributed by atoms with Crippen molar-refractivity contribution < 1.29 is 0 Å². The van der Waals surface area contributed by atoms with Gasteiger partial charge in [0.05, 0.1) is 6.04 Å². The van der Waals surface area contributed by atoms with E-state index in [-0.39, 0.29) is 6.04 Å². The fraction of sp³-hybridized carbons (Fsp3) is 0.155. The Morgan fingerprint density at radius 3 is 2.10 bits per heavy atom. The molecule has 6 aromatic carbocycles. The highest BCUT2D eigenvalue weighted by atomic mass is 15.0. The number of hydrogen-bond donors (Lipinski definition) is 1. The highest BCUT2D eigenvalue weighted by Crippen LogP contribution is 2.51. The van der Waals surface area contributed by atoms with E-state index in [1.54, 1.807) is 0 Å². The molecular formula is C58H44N4. The van der Waals surface area contributed by atoms with Crippen LogP contribution >= 0.6 is 0 Å². The van der Waals surface area contributed by atoms with E-state index < -0.39 is 0 Å². The summed E-state index contributed by atoms with van der Waals surface area (Å²) < 4.78 is 0. The molecule has 5 aliphatic carbocycles. The number of allylic oxidation sites excluding steroid dienone is 12. The Morgan fingerprint density at radius 2 is 1.23 bits per heavy atom. The molecule has 1 aliphatic heterocycles. The van der Waals surface area contributed by atoms with Gasteiger partial charge in [-0.3, -0.25) is 0 Å². The van der Waals surface area contributed by atoms with Crippen molar-refractivity contribution in [2.24, 2.45) is 0 Å². The Kier molecular flexibility index (Phi) is 8.15. The van der Waals surface area contributed by atoms with Gasteiger partial charge in [0, 0.05) is 22.4 Å². The number of benzene rings is 6. The summed E-state index contributed by atoms with van der Waals surface area (Å²) in [6.07, 6.45) is 21.9. The highest BCUT2D eigenvalue weighted by Gasteiger charge is 2.34. The van der Waals surface area contributed by atoms with E-state index in [0.29, 0.717) is 0 Å². The smallest absolute Gasteiger partial charge is 0.164 e. The Balaban J connectivity index is 0.991. The van der Waals surface area contributed by atoms with E-state index in [1.165, 1.54) is 106 Å². The summed E-state index contributed by atoms with van der Waals surface area (Å²) in [7, 11) is 0. The van der Waals surface area contributed by atoms with Crippen molar-refractivity contribution in [2.45, 2.75) is 57.4 Å². The summed E-state index contributed by atoms with van der Waals surface area (Å²) in [6.45, 7) is 0. The van der Waals surface area contributed by atoms with E-state index >= 15 is 0 Å². The normalized spacial score (nSPS) is 18.0. The molecule has 0 radical (unpaired) electrons. The molecule has 1 atom stereocenters. The van der Waals surface area contributed by atoms with Gasteiger partial charge in [-0.2, -0.15) is 0 Å². The lowest BCUT2D eigenvalue weighted by atomic mass is 9.82. The van der Waals surface area contributed by atoms with Crippen molar-refractivity contribution in [3.63, 3.8) is 0 Å². The Bertz CT molecular complexity index is 3280. The Morgan fingerprint density at radius 1 is 0.500 bits per heavy atom. The third-order valence-electron chi connectivity index (χ3n) is 14.0. The summed E-state index contributed by atoms with van der Waals surface area (Å²) in [4.78, 5) is 16.4. The first-order chi connectivity index (χ1) is 30.7. The monoisotopic (exact) mass is 796 g/mol. The van der Waals surface area contributed by atoms with Crippen LogP contribution in [0.5, 0.6) is 0 Å². The molecular weight excluding hydrogens is 753 g/mol. The number of aromatic nitrogens is 3. The van der Waals surface area contributed by atoms with Crippen molar-refractivity contribution >= 4 is 33.2 Å². The lowest BCUT2D eigenvalue weighted by Crippen LogP contribution is -2.19. The summed E-state index contributed by atoms with van der Waals surface area (Å²) in [5.74, 6) is 2.34. The predicted octanol–water partition coefficient (Wildman–Crippen LogP) is 14.0. The van der Waals surface area contributed by atoms with Crippen LogP contribution in [0.2, 0.25) is 0 Å². The average molecular weight is 797 g/mol. The van der Waals surface area contributed by atoms with E-state index in [0.717, 1.165) is 74.4 Å². The topological polar surface area (TPSA) is 50.7 Å². The number of nitrogens with zero attached hydrogens (tertiary/aromatic N) is 3. The minimum atomic E-state index is -0.0409. The van der Waals surface area contributed by atoms with Crippen molar-refractivity contribution in [1.82, 2.24) is 15.0 Å². The fourth-order valence-electron chi connectivity index (χ4n) is 11.1. The highest BCUT2D eigenvalue weighted by molar-refractivity contribution is 5.98. The first-order valence-corrected chi connectivity index (χ1v) is 22.4. The molecule has 4 nitrogen and oxygen atoms in total. The zero-order valence-electron chi connectivity index (χ0n) is 34.6. The third-order valence-corrected chi connectivity index (χ3v) is 14.0. The van der Waals surface area contributed by atoms with Crippen LogP contribution in [-0.2, 0) is 12.8 Å². The van der Waals surface area contributed by atoms with Crippen LogP contribution < -0.4 is 5.32 Å². The molecule has 7 aromatic rings. The molecule has 1 N–H and O–H groups in total. The number of anilines is 1. The van der Waals surface area contributed by atoms with Gasteiger partial charge in [-0.15, -0.1) is 0 Å². The maximum absolute atomic E-state index is 5.53. The summed E-state index contributed by atoms with van der Waals surface area (Å²) in [6, 6.07) is 44.8. The Hall–Kier alpha value is -7.17. The van der Waals surface area contributed by atoms with Gasteiger partial charge in [0.1, 0.15) is 0 Å². The zero-order chi connectivity index (χ0) is 40.7.